The summed E-state index contributed by atoms with van der Waals surface area (Å²) in [4.78, 5) is 2.73. The first kappa shape index (κ1) is 14.3. The summed E-state index contributed by atoms with van der Waals surface area (Å²) in [5.41, 5.74) is 0.474. The monoisotopic (exact) mass is 252 g/mol. The van der Waals surface area contributed by atoms with Crippen molar-refractivity contribution in [3.63, 3.8) is 0 Å². The van der Waals surface area contributed by atoms with Crippen LogP contribution in [0, 0.1) is 17.3 Å². The highest BCUT2D eigenvalue weighted by Gasteiger charge is 2.39. The van der Waals surface area contributed by atoms with Crippen LogP contribution in [0.1, 0.15) is 52.9 Å². The van der Waals surface area contributed by atoms with Gasteiger partial charge in [0.05, 0.1) is 0 Å². The minimum atomic E-state index is 0.474. The Balaban J connectivity index is 1.91. The van der Waals surface area contributed by atoms with Crippen LogP contribution in [0.2, 0.25) is 0 Å². The number of nitrogens with one attached hydrogen (secondary N) is 1. The zero-order chi connectivity index (χ0) is 13.2. The molecule has 3 atom stereocenters. The van der Waals surface area contributed by atoms with Gasteiger partial charge < -0.3 is 10.2 Å². The van der Waals surface area contributed by atoms with E-state index in [4.69, 9.17) is 0 Å². The average molecular weight is 252 g/mol. The lowest BCUT2D eigenvalue weighted by molar-refractivity contribution is 0.0890. The van der Waals surface area contributed by atoms with E-state index < -0.39 is 0 Å². The van der Waals surface area contributed by atoms with Crippen LogP contribution >= 0.6 is 0 Å². The van der Waals surface area contributed by atoms with E-state index in [1.54, 1.807) is 0 Å². The number of hydrogen-bond acceptors (Lipinski definition) is 2. The maximum Gasteiger partial charge on any atom is 0.0156 e. The number of rotatable bonds is 4. The minimum Gasteiger partial charge on any atom is -0.316 e. The lowest BCUT2D eigenvalue weighted by Crippen LogP contribution is -2.51. The molecule has 18 heavy (non-hydrogen) atoms. The SMILES string of the molecule is CCC1CCN(CC2CCCC(C)(C)C2NC)C1. The van der Waals surface area contributed by atoms with Crippen molar-refractivity contribution in [2.45, 2.75) is 58.9 Å². The Kier molecular flexibility index (Phi) is 4.71. The summed E-state index contributed by atoms with van der Waals surface area (Å²) in [6.07, 6.45) is 7.01. The van der Waals surface area contributed by atoms with E-state index in [0.717, 1.165) is 11.8 Å². The molecule has 0 bridgehead atoms. The highest BCUT2D eigenvalue weighted by molar-refractivity contribution is 4.94. The van der Waals surface area contributed by atoms with E-state index in [9.17, 15) is 0 Å². The van der Waals surface area contributed by atoms with E-state index in [1.807, 2.05) is 0 Å². The fraction of sp³-hybridized carbons (Fsp3) is 1.00. The normalized spacial score (nSPS) is 37.0. The van der Waals surface area contributed by atoms with Crippen LogP contribution in [0.15, 0.2) is 0 Å². The van der Waals surface area contributed by atoms with Crippen LogP contribution in [0.3, 0.4) is 0 Å². The predicted molar refractivity (Wildman–Crippen MR) is 78.8 cm³/mol. The maximum absolute atomic E-state index is 3.62. The quantitative estimate of drug-likeness (QED) is 0.827. The first-order chi connectivity index (χ1) is 8.56. The molecule has 0 aromatic carbocycles. The van der Waals surface area contributed by atoms with Gasteiger partial charge in [0.2, 0.25) is 0 Å². The molecule has 1 aliphatic heterocycles. The Bertz CT molecular complexity index is 262. The van der Waals surface area contributed by atoms with Crippen molar-refractivity contribution in [2.24, 2.45) is 17.3 Å². The van der Waals surface area contributed by atoms with Gasteiger partial charge in [-0.15, -0.1) is 0 Å². The summed E-state index contributed by atoms with van der Waals surface area (Å²) in [5.74, 6) is 1.82. The number of nitrogens with zero attached hydrogens (tertiary/aromatic N) is 1. The van der Waals surface area contributed by atoms with E-state index in [1.165, 1.54) is 51.7 Å². The number of likely N-dealkylation sites (tertiary alicyclic amines) is 1. The van der Waals surface area contributed by atoms with E-state index >= 15 is 0 Å². The Morgan fingerprint density at radius 3 is 2.67 bits per heavy atom. The summed E-state index contributed by atoms with van der Waals surface area (Å²) >= 11 is 0. The molecule has 3 unspecified atom stereocenters. The van der Waals surface area contributed by atoms with Crippen LogP contribution in [0.4, 0.5) is 0 Å². The van der Waals surface area contributed by atoms with Gasteiger partial charge in [-0.05, 0) is 50.1 Å². The van der Waals surface area contributed by atoms with Crippen molar-refractivity contribution in [1.29, 1.82) is 0 Å². The zero-order valence-corrected chi connectivity index (χ0v) is 12.8. The summed E-state index contributed by atoms with van der Waals surface area (Å²) in [6, 6.07) is 0.701. The molecule has 0 aromatic heterocycles. The van der Waals surface area contributed by atoms with Crippen molar-refractivity contribution in [3.8, 4) is 0 Å². The molecule has 0 spiro atoms. The Labute approximate surface area is 114 Å². The van der Waals surface area contributed by atoms with E-state index in [2.05, 4.69) is 38.0 Å². The summed E-state index contributed by atoms with van der Waals surface area (Å²) in [6.45, 7) is 11.2. The standard InChI is InChI=1S/C16H32N2/c1-5-13-8-10-18(11-13)12-14-7-6-9-16(2,3)15(14)17-4/h13-15,17H,5-12H2,1-4H3. The molecular weight excluding hydrogens is 220 g/mol. The third-order valence-electron chi connectivity index (χ3n) is 5.46. The molecule has 2 heteroatoms. The third kappa shape index (κ3) is 3.08. The van der Waals surface area contributed by atoms with Crippen molar-refractivity contribution in [1.82, 2.24) is 10.2 Å². The van der Waals surface area contributed by atoms with Gasteiger partial charge in [0.15, 0.2) is 0 Å². The fourth-order valence-electron chi connectivity index (χ4n) is 4.35. The maximum atomic E-state index is 3.62. The third-order valence-corrected chi connectivity index (χ3v) is 5.46. The van der Waals surface area contributed by atoms with E-state index in [0.29, 0.717) is 11.5 Å². The fourth-order valence-corrected chi connectivity index (χ4v) is 4.35. The van der Waals surface area contributed by atoms with Gasteiger partial charge in [0.25, 0.3) is 0 Å². The molecule has 2 aliphatic rings. The minimum absolute atomic E-state index is 0.474. The summed E-state index contributed by atoms with van der Waals surface area (Å²) in [5, 5.41) is 3.62. The molecule has 0 radical (unpaired) electrons. The molecule has 106 valence electrons. The van der Waals surface area contributed by atoms with E-state index in [-0.39, 0.29) is 0 Å². The van der Waals surface area contributed by atoms with Crippen LogP contribution in [-0.2, 0) is 0 Å². The molecular formula is C16H32N2. The lowest BCUT2D eigenvalue weighted by Gasteiger charge is -2.45. The smallest absolute Gasteiger partial charge is 0.0156 e. The summed E-state index contributed by atoms with van der Waals surface area (Å²) in [7, 11) is 2.16. The van der Waals surface area contributed by atoms with Crippen molar-refractivity contribution >= 4 is 0 Å². The van der Waals surface area contributed by atoms with Gasteiger partial charge in [-0.1, -0.05) is 33.6 Å². The zero-order valence-electron chi connectivity index (χ0n) is 12.8. The molecule has 1 N–H and O–H groups in total. The van der Waals surface area contributed by atoms with Crippen molar-refractivity contribution in [2.75, 3.05) is 26.7 Å². The molecule has 2 nitrogen and oxygen atoms in total. The second-order valence-corrected chi connectivity index (χ2v) is 7.23. The topological polar surface area (TPSA) is 15.3 Å². The molecule has 2 fully saturated rings. The van der Waals surface area contributed by atoms with Crippen LogP contribution in [-0.4, -0.2) is 37.6 Å². The molecule has 0 amide bonds. The second-order valence-electron chi connectivity index (χ2n) is 7.23. The van der Waals surface area contributed by atoms with Gasteiger partial charge in [-0.3, -0.25) is 0 Å². The first-order valence-electron chi connectivity index (χ1n) is 7.96. The van der Waals surface area contributed by atoms with Crippen molar-refractivity contribution in [3.05, 3.63) is 0 Å². The molecule has 1 aliphatic carbocycles. The van der Waals surface area contributed by atoms with Gasteiger partial charge in [-0.25, -0.2) is 0 Å². The average Bonchev–Trinajstić information content (AvgIpc) is 2.76. The molecule has 1 heterocycles. The highest BCUT2D eigenvalue weighted by atomic mass is 15.2. The van der Waals surface area contributed by atoms with Crippen LogP contribution in [0.25, 0.3) is 0 Å². The Morgan fingerprint density at radius 2 is 2.06 bits per heavy atom. The predicted octanol–water partition coefficient (Wildman–Crippen LogP) is 3.13. The van der Waals surface area contributed by atoms with Crippen LogP contribution < -0.4 is 5.32 Å². The van der Waals surface area contributed by atoms with Gasteiger partial charge >= 0.3 is 0 Å². The molecule has 2 rings (SSSR count). The second kappa shape index (κ2) is 5.92. The molecule has 0 aromatic rings. The first-order valence-corrected chi connectivity index (χ1v) is 7.96. The van der Waals surface area contributed by atoms with Gasteiger partial charge in [0.1, 0.15) is 0 Å². The Hall–Kier alpha value is -0.0800. The molecule has 1 saturated carbocycles. The van der Waals surface area contributed by atoms with Crippen molar-refractivity contribution < 1.29 is 0 Å². The highest BCUT2D eigenvalue weighted by Crippen LogP contribution is 2.39. The lowest BCUT2D eigenvalue weighted by atomic mass is 9.68. The summed E-state index contributed by atoms with van der Waals surface area (Å²) < 4.78 is 0. The van der Waals surface area contributed by atoms with Gasteiger partial charge in [-0.2, -0.15) is 0 Å². The Morgan fingerprint density at radius 1 is 1.28 bits per heavy atom. The van der Waals surface area contributed by atoms with Crippen LogP contribution in [0.5, 0.6) is 0 Å². The van der Waals surface area contributed by atoms with Gasteiger partial charge in [0, 0.05) is 19.1 Å². The largest absolute Gasteiger partial charge is 0.316 e. The number of hydrogen-bond donors (Lipinski definition) is 1. The molecule has 1 saturated heterocycles.